The topological polar surface area (TPSA) is 78.5 Å². The van der Waals surface area contributed by atoms with E-state index >= 15 is 0 Å². The Morgan fingerprint density at radius 1 is 0.714 bits per heavy atom. The normalized spacial score (nSPS) is 13.1. The van der Waals surface area contributed by atoms with Gasteiger partial charge in [-0.05, 0) is 33.4 Å². The van der Waals surface area contributed by atoms with Gasteiger partial charge in [0.2, 0.25) is 0 Å². The molecule has 5 rings (SSSR count). The number of carbonyl (C=O) groups excluding carboxylic acids is 2. The second-order valence-corrected chi connectivity index (χ2v) is 8.57. The van der Waals surface area contributed by atoms with Crippen LogP contribution in [-0.2, 0) is 9.53 Å². The van der Waals surface area contributed by atoms with Crippen LogP contribution >= 0.6 is 0 Å². The highest BCUT2D eigenvalue weighted by molar-refractivity contribution is 5.81. The fourth-order valence-electron chi connectivity index (χ4n) is 4.94. The smallest absolute Gasteiger partial charge is 0.407 e. The molecule has 0 bridgehead atoms. The molecule has 1 N–H and O–H groups in total. The van der Waals surface area contributed by atoms with Crippen LogP contribution in [0.15, 0.2) is 109 Å². The van der Waals surface area contributed by atoms with E-state index in [1.54, 1.807) is 0 Å². The highest BCUT2D eigenvalue weighted by Crippen LogP contribution is 2.44. The molecule has 174 valence electrons. The number of alkyl carbamates (subject to hydrolysis) is 1. The minimum Gasteiger partial charge on any atom is -0.548 e. The van der Waals surface area contributed by atoms with Crippen LogP contribution in [0.4, 0.5) is 4.79 Å². The van der Waals surface area contributed by atoms with E-state index in [1.165, 1.54) is 0 Å². The maximum Gasteiger partial charge on any atom is 0.407 e. The molecule has 0 aliphatic heterocycles. The Morgan fingerprint density at radius 3 is 1.66 bits per heavy atom. The summed E-state index contributed by atoms with van der Waals surface area (Å²) in [5.74, 6) is -2.13. The minimum absolute atomic E-state index is 0.0982. The van der Waals surface area contributed by atoms with Gasteiger partial charge in [0.25, 0.3) is 0 Å². The summed E-state index contributed by atoms with van der Waals surface area (Å²) in [6, 6.07) is 33.2. The van der Waals surface area contributed by atoms with Crippen LogP contribution in [0.5, 0.6) is 0 Å². The zero-order chi connectivity index (χ0) is 24.2. The summed E-state index contributed by atoms with van der Waals surface area (Å²) in [7, 11) is 0. The lowest BCUT2D eigenvalue weighted by molar-refractivity contribution is -0.308. The molecule has 0 unspecified atom stereocenters. The lowest BCUT2D eigenvalue weighted by Gasteiger charge is -2.29. The third kappa shape index (κ3) is 4.53. The van der Waals surface area contributed by atoms with Gasteiger partial charge in [0, 0.05) is 11.8 Å². The summed E-state index contributed by atoms with van der Waals surface area (Å²) in [6.45, 7) is 0.0982. The van der Waals surface area contributed by atoms with Crippen LogP contribution in [0.2, 0.25) is 0 Å². The zero-order valence-electron chi connectivity index (χ0n) is 19.0. The monoisotopic (exact) mass is 462 g/mol. The molecule has 5 nitrogen and oxygen atoms in total. The van der Waals surface area contributed by atoms with Crippen LogP contribution in [0.1, 0.15) is 34.1 Å². The van der Waals surface area contributed by atoms with Gasteiger partial charge in [-0.15, -0.1) is 0 Å². The number of hydrogen-bond donors (Lipinski definition) is 1. The summed E-state index contributed by atoms with van der Waals surface area (Å²) in [5.41, 5.74) is 5.93. The molecular weight excluding hydrogens is 438 g/mol. The average molecular weight is 463 g/mol. The Bertz CT molecular complexity index is 1250. The summed E-state index contributed by atoms with van der Waals surface area (Å²) < 4.78 is 5.60. The van der Waals surface area contributed by atoms with Crippen LogP contribution < -0.4 is 10.4 Å². The second kappa shape index (κ2) is 9.85. The quantitative estimate of drug-likeness (QED) is 0.439. The summed E-state index contributed by atoms with van der Waals surface area (Å²) in [6.07, 6.45) is -0.794. The van der Waals surface area contributed by atoms with Crippen molar-refractivity contribution in [1.29, 1.82) is 0 Å². The number of carboxylic acids is 1. The molecule has 0 saturated carbocycles. The van der Waals surface area contributed by atoms with E-state index < -0.39 is 24.0 Å². The van der Waals surface area contributed by atoms with E-state index in [4.69, 9.17) is 4.74 Å². The van der Waals surface area contributed by atoms with Crippen molar-refractivity contribution in [2.75, 3.05) is 6.61 Å². The van der Waals surface area contributed by atoms with Crippen molar-refractivity contribution in [3.8, 4) is 11.1 Å². The van der Waals surface area contributed by atoms with Gasteiger partial charge in [-0.25, -0.2) is 4.79 Å². The molecule has 35 heavy (non-hydrogen) atoms. The first-order valence-corrected chi connectivity index (χ1v) is 11.6. The van der Waals surface area contributed by atoms with E-state index in [1.807, 2.05) is 97.1 Å². The van der Waals surface area contributed by atoms with Crippen molar-refractivity contribution in [1.82, 2.24) is 5.32 Å². The Labute approximate surface area is 204 Å². The van der Waals surface area contributed by atoms with Crippen LogP contribution in [0.25, 0.3) is 11.1 Å². The van der Waals surface area contributed by atoms with E-state index in [0.29, 0.717) is 0 Å². The number of fused-ring (bicyclic) bond motifs is 3. The van der Waals surface area contributed by atoms with Crippen molar-refractivity contribution in [2.24, 2.45) is 0 Å². The minimum atomic E-state index is -1.38. The molecule has 1 aliphatic rings. The van der Waals surface area contributed by atoms with Crippen molar-refractivity contribution in [3.05, 3.63) is 131 Å². The largest absolute Gasteiger partial charge is 0.548 e. The maximum absolute atomic E-state index is 12.9. The number of aliphatic carboxylic acids is 1. The predicted octanol–water partition coefficient (Wildman–Crippen LogP) is 4.48. The van der Waals surface area contributed by atoms with E-state index in [2.05, 4.69) is 17.4 Å². The van der Waals surface area contributed by atoms with Gasteiger partial charge in [0.05, 0.1) is 12.0 Å². The number of nitrogens with one attached hydrogen (secondary N) is 1. The molecule has 0 fully saturated rings. The van der Waals surface area contributed by atoms with Gasteiger partial charge in [-0.2, -0.15) is 0 Å². The number of amides is 1. The first-order valence-electron chi connectivity index (χ1n) is 11.6. The Morgan fingerprint density at radius 2 is 1.17 bits per heavy atom. The first kappa shape index (κ1) is 22.4. The van der Waals surface area contributed by atoms with Crippen LogP contribution in [-0.4, -0.2) is 24.7 Å². The molecule has 4 aromatic carbocycles. The molecule has 5 heteroatoms. The Kier molecular flexibility index (Phi) is 6.31. The number of ether oxygens (including phenoxy) is 1. The fourth-order valence-corrected chi connectivity index (χ4v) is 4.94. The predicted molar refractivity (Wildman–Crippen MR) is 132 cm³/mol. The van der Waals surface area contributed by atoms with Crippen LogP contribution in [0, 0.1) is 0 Å². The SMILES string of the molecule is O=C(N[C@H](C(=O)[O-])C(c1ccccc1)c1ccccc1)OCC1c2ccccc2-c2ccccc21. The molecular formula is C30H24NO4-. The highest BCUT2D eigenvalue weighted by Gasteiger charge is 2.31. The van der Waals surface area contributed by atoms with Crippen LogP contribution in [0.3, 0.4) is 0 Å². The molecule has 4 aromatic rings. The summed E-state index contributed by atoms with van der Waals surface area (Å²) in [5, 5.41) is 14.8. The molecule has 0 saturated heterocycles. The highest BCUT2D eigenvalue weighted by atomic mass is 16.5. The summed E-state index contributed by atoms with van der Waals surface area (Å²) in [4.78, 5) is 25.1. The second-order valence-electron chi connectivity index (χ2n) is 8.57. The van der Waals surface area contributed by atoms with Crippen molar-refractivity contribution < 1.29 is 19.4 Å². The molecule has 1 atom stereocenters. The van der Waals surface area contributed by atoms with Gasteiger partial charge in [0.1, 0.15) is 6.61 Å². The third-order valence-electron chi connectivity index (χ3n) is 6.52. The van der Waals surface area contributed by atoms with Crippen molar-refractivity contribution in [3.63, 3.8) is 0 Å². The summed E-state index contributed by atoms with van der Waals surface area (Å²) >= 11 is 0. The van der Waals surface area contributed by atoms with Gasteiger partial charge in [-0.1, -0.05) is 109 Å². The number of carboxylic acid groups (broad SMARTS) is 1. The van der Waals surface area contributed by atoms with Gasteiger partial charge >= 0.3 is 6.09 Å². The molecule has 0 aromatic heterocycles. The van der Waals surface area contributed by atoms with Gasteiger partial charge in [-0.3, -0.25) is 0 Å². The zero-order valence-corrected chi connectivity index (χ0v) is 19.0. The Balaban J connectivity index is 1.37. The third-order valence-corrected chi connectivity index (χ3v) is 6.52. The Hall–Kier alpha value is -4.38. The molecule has 0 heterocycles. The first-order chi connectivity index (χ1) is 17.1. The number of hydrogen-bond acceptors (Lipinski definition) is 4. The number of carbonyl (C=O) groups is 2. The number of rotatable bonds is 7. The average Bonchev–Trinajstić information content (AvgIpc) is 3.22. The number of benzene rings is 4. The van der Waals surface area contributed by atoms with E-state index in [0.717, 1.165) is 33.4 Å². The molecule has 0 spiro atoms. The van der Waals surface area contributed by atoms with Crippen molar-refractivity contribution >= 4 is 12.1 Å². The van der Waals surface area contributed by atoms with Gasteiger partial charge < -0.3 is 20.0 Å². The lowest BCUT2D eigenvalue weighted by atomic mass is 9.85. The van der Waals surface area contributed by atoms with E-state index in [-0.39, 0.29) is 12.5 Å². The van der Waals surface area contributed by atoms with E-state index in [9.17, 15) is 14.7 Å². The molecule has 1 aliphatic carbocycles. The standard InChI is InChI=1S/C30H25NO4/c32-29(33)28(27(20-11-3-1-4-12-20)21-13-5-2-6-14-21)31-30(34)35-19-26-24-17-9-7-15-22(24)23-16-8-10-18-25(23)26/h1-18,26-28H,19H2,(H,31,34)(H,32,33)/p-1/t28-/m0/s1. The van der Waals surface area contributed by atoms with Gasteiger partial charge in [0.15, 0.2) is 0 Å². The van der Waals surface area contributed by atoms with Crippen molar-refractivity contribution in [2.45, 2.75) is 17.9 Å². The maximum atomic E-state index is 12.9. The fraction of sp³-hybridized carbons (Fsp3) is 0.133. The lowest BCUT2D eigenvalue weighted by Crippen LogP contribution is -2.51. The molecule has 0 radical (unpaired) electrons. The molecule has 1 amide bonds.